The van der Waals surface area contributed by atoms with Crippen molar-refractivity contribution in [3.8, 4) is 0 Å². The summed E-state index contributed by atoms with van der Waals surface area (Å²) in [6.45, 7) is 4.14. The smallest absolute Gasteiger partial charge is 0.220 e. The summed E-state index contributed by atoms with van der Waals surface area (Å²) < 4.78 is 18.0. The first-order valence-electron chi connectivity index (χ1n) is 7.30. The lowest BCUT2D eigenvalue weighted by Gasteiger charge is -2.11. The van der Waals surface area contributed by atoms with Crippen LogP contribution in [-0.4, -0.2) is 45.0 Å². The van der Waals surface area contributed by atoms with Crippen LogP contribution in [0.25, 0.3) is 0 Å². The molecule has 0 aromatic heterocycles. The predicted octanol–water partition coefficient (Wildman–Crippen LogP) is 1.81. The minimum absolute atomic E-state index is 0. The summed E-state index contributed by atoms with van der Waals surface area (Å²) in [5, 5.41) is 5.84. The van der Waals surface area contributed by atoms with Crippen LogP contribution in [0.1, 0.15) is 23.7 Å². The Morgan fingerprint density at radius 2 is 2.00 bits per heavy atom. The van der Waals surface area contributed by atoms with Gasteiger partial charge in [-0.1, -0.05) is 19.1 Å². The van der Waals surface area contributed by atoms with Crippen LogP contribution < -0.4 is 10.6 Å². The van der Waals surface area contributed by atoms with Crippen LogP contribution in [0.2, 0.25) is 0 Å². The van der Waals surface area contributed by atoms with Crippen LogP contribution in [-0.2, 0) is 9.53 Å². The van der Waals surface area contributed by atoms with E-state index in [1.807, 2.05) is 0 Å². The summed E-state index contributed by atoms with van der Waals surface area (Å²) in [7, 11) is 1.63. The Morgan fingerprint density at radius 3 is 2.65 bits per heavy atom. The number of rotatable bonds is 10. The quantitative estimate of drug-likeness (QED) is 0.501. The first kappa shape index (κ1) is 21.5. The van der Waals surface area contributed by atoms with Gasteiger partial charge in [0.05, 0.1) is 6.61 Å². The number of carbonyl (C=O) groups excluding carboxylic acids is 2. The predicted molar refractivity (Wildman–Crippen MR) is 89.5 cm³/mol. The number of amides is 1. The van der Waals surface area contributed by atoms with Gasteiger partial charge in [-0.2, -0.15) is 0 Å². The molecular formula is C16H24ClFN2O3. The molecule has 1 aromatic rings. The number of hydrogen-bond acceptors (Lipinski definition) is 4. The third-order valence-electron chi connectivity index (χ3n) is 3.16. The maximum atomic E-state index is 13.1. The first-order valence-corrected chi connectivity index (χ1v) is 7.30. The number of benzene rings is 1. The monoisotopic (exact) mass is 346 g/mol. The molecule has 0 aliphatic carbocycles. The standard InChI is InChI=1S/C16H23FN2O3.ClH/c1-12(16(21)13-4-3-5-14(17)11-13)10-15(20)19-7-6-18-8-9-22-2;/h3-5,11-12,18H,6-10H2,1-2H3,(H,19,20);1H. The van der Waals surface area contributed by atoms with E-state index in [0.717, 1.165) is 6.54 Å². The van der Waals surface area contributed by atoms with Gasteiger partial charge in [0.1, 0.15) is 5.82 Å². The molecule has 7 heteroatoms. The number of methoxy groups -OCH3 is 1. The van der Waals surface area contributed by atoms with E-state index < -0.39 is 11.7 Å². The zero-order chi connectivity index (χ0) is 16.4. The number of carbonyl (C=O) groups is 2. The minimum atomic E-state index is -0.483. The molecule has 23 heavy (non-hydrogen) atoms. The summed E-state index contributed by atoms with van der Waals surface area (Å²) in [5.74, 6) is -1.36. The maximum Gasteiger partial charge on any atom is 0.220 e. The van der Waals surface area contributed by atoms with E-state index in [-0.39, 0.29) is 30.5 Å². The fourth-order valence-electron chi connectivity index (χ4n) is 1.96. The van der Waals surface area contributed by atoms with Gasteiger partial charge in [-0.05, 0) is 12.1 Å². The zero-order valence-electron chi connectivity index (χ0n) is 13.4. The van der Waals surface area contributed by atoms with Crippen LogP contribution in [0.3, 0.4) is 0 Å². The fourth-order valence-corrected chi connectivity index (χ4v) is 1.96. The lowest BCUT2D eigenvalue weighted by molar-refractivity contribution is -0.121. The summed E-state index contributed by atoms with van der Waals surface area (Å²) >= 11 is 0. The molecule has 0 saturated carbocycles. The van der Waals surface area contributed by atoms with Crippen LogP contribution >= 0.6 is 12.4 Å². The summed E-state index contributed by atoms with van der Waals surface area (Å²) in [5.41, 5.74) is 0.293. The van der Waals surface area contributed by atoms with Gasteiger partial charge < -0.3 is 15.4 Å². The molecule has 1 aromatic carbocycles. The highest BCUT2D eigenvalue weighted by molar-refractivity contribution is 5.99. The molecule has 2 N–H and O–H groups in total. The maximum absolute atomic E-state index is 13.1. The molecule has 0 bridgehead atoms. The molecule has 5 nitrogen and oxygen atoms in total. The van der Waals surface area contributed by atoms with E-state index in [1.54, 1.807) is 20.1 Å². The van der Waals surface area contributed by atoms with E-state index in [2.05, 4.69) is 10.6 Å². The highest BCUT2D eigenvalue weighted by Crippen LogP contribution is 2.13. The molecule has 0 saturated heterocycles. The Kier molecular flexibility index (Phi) is 11.2. The molecule has 1 amide bonds. The van der Waals surface area contributed by atoms with Crippen LogP contribution in [0.5, 0.6) is 0 Å². The molecule has 0 heterocycles. The average Bonchev–Trinajstić information content (AvgIpc) is 2.50. The average molecular weight is 347 g/mol. The molecular weight excluding hydrogens is 323 g/mol. The van der Waals surface area contributed by atoms with Crippen molar-refractivity contribution in [1.82, 2.24) is 10.6 Å². The van der Waals surface area contributed by atoms with Crippen LogP contribution in [0.4, 0.5) is 4.39 Å². The van der Waals surface area contributed by atoms with Crippen molar-refractivity contribution in [3.05, 3.63) is 35.6 Å². The molecule has 130 valence electrons. The second-order valence-corrected chi connectivity index (χ2v) is 5.07. The Morgan fingerprint density at radius 1 is 1.26 bits per heavy atom. The summed E-state index contributed by atoms with van der Waals surface area (Å²) in [6.07, 6.45) is 0.0907. The zero-order valence-corrected chi connectivity index (χ0v) is 14.2. The van der Waals surface area contributed by atoms with Gasteiger partial charge in [0.15, 0.2) is 5.78 Å². The van der Waals surface area contributed by atoms with Crippen molar-refractivity contribution in [3.63, 3.8) is 0 Å². The number of halogens is 2. The Balaban J connectivity index is 0.00000484. The van der Waals surface area contributed by atoms with Crippen molar-refractivity contribution >= 4 is 24.1 Å². The number of nitrogens with one attached hydrogen (secondary N) is 2. The third-order valence-corrected chi connectivity index (χ3v) is 3.16. The van der Waals surface area contributed by atoms with Crippen molar-refractivity contribution in [2.24, 2.45) is 5.92 Å². The van der Waals surface area contributed by atoms with E-state index >= 15 is 0 Å². The largest absolute Gasteiger partial charge is 0.383 e. The Hall–Kier alpha value is -1.50. The van der Waals surface area contributed by atoms with Gasteiger partial charge in [0.25, 0.3) is 0 Å². The van der Waals surface area contributed by atoms with Gasteiger partial charge in [0.2, 0.25) is 5.91 Å². The van der Waals surface area contributed by atoms with Gasteiger partial charge >= 0.3 is 0 Å². The Bertz CT molecular complexity index is 500. The van der Waals surface area contributed by atoms with Gasteiger partial charge in [-0.25, -0.2) is 4.39 Å². The highest BCUT2D eigenvalue weighted by Gasteiger charge is 2.18. The summed E-state index contributed by atoms with van der Waals surface area (Å²) in [4.78, 5) is 23.9. The van der Waals surface area contributed by atoms with Crippen LogP contribution in [0, 0.1) is 11.7 Å². The van der Waals surface area contributed by atoms with E-state index in [4.69, 9.17) is 4.74 Å². The van der Waals surface area contributed by atoms with Crippen molar-refractivity contribution in [2.75, 3.05) is 33.4 Å². The second-order valence-electron chi connectivity index (χ2n) is 5.07. The van der Waals surface area contributed by atoms with Gasteiger partial charge in [-0.15, -0.1) is 12.4 Å². The Labute approximate surface area is 142 Å². The van der Waals surface area contributed by atoms with Crippen molar-refractivity contribution in [1.29, 1.82) is 0 Å². The van der Waals surface area contributed by atoms with Gasteiger partial charge in [-0.3, -0.25) is 9.59 Å². The lowest BCUT2D eigenvalue weighted by atomic mass is 9.96. The number of hydrogen-bond donors (Lipinski definition) is 2. The van der Waals surface area contributed by atoms with Crippen LogP contribution in [0.15, 0.2) is 24.3 Å². The second kappa shape index (κ2) is 12.0. The molecule has 0 radical (unpaired) electrons. The minimum Gasteiger partial charge on any atom is -0.383 e. The molecule has 0 aliphatic heterocycles. The topological polar surface area (TPSA) is 67.4 Å². The van der Waals surface area contributed by atoms with E-state index in [1.165, 1.54) is 18.2 Å². The molecule has 0 fully saturated rings. The van der Waals surface area contributed by atoms with Gasteiger partial charge in [0, 0.05) is 44.6 Å². The fraction of sp³-hybridized carbons (Fsp3) is 0.500. The highest BCUT2D eigenvalue weighted by atomic mass is 35.5. The van der Waals surface area contributed by atoms with Crippen molar-refractivity contribution in [2.45, 2.75) is 13.3 Å². The molecule has 1 rings (SSSR count). The normalized spacial score (nSPS) is 11.4. The number of Topliss-reactive ketones (excluding diaryl/α,β-unsaturated/α-hetero) is 1. The molecule has 1 unspecified atom stereocenters. The van der Waals surface area contributed by atoms with E-state index in [0.29, 0.717) is 25.3 Å². The SMILES string of the molecule is COCCNCCNC(=O)CC(C)C(=O)c1cccc(F)c1.Cl. The first-order chi connectivity index (χ1) is 10.5. The summed E-state index contributed by atoms with van der Waals surface area (Å²) in [6, 6.07) is 5.52. The lowest BCUT2D eigenvalue weighted by Crippen LogP contribution is -2.34. The van der Waals surface area contributed by atoms with Crippen molar-refractivity contribution < 1.29 is 18.7 Å². The molecule has 0 spiro atoms. The number of ether oxygens (including phenoxy) is 1. The molecule has 0 aliphatic rings. The van der Waals surface area contributed by atoms with E-state index in [9.17, 15) is 14.0 Å². The molecule has 1 atom stereocenters. The number of ketones is 1. The third kappa shape index (κ3) is 8.64.